The number of carboxylic acid groups (broad SMARTS) is 1. The summed E-state index contributed by atoms with van der Waals surface area (Å²) in [7, 11) is 1.53. The topological polar surface area (TPSA) is 105 Å². The fourth-order valence-electron chi connectivity index (χ4n) is 3.07. The number of aryl methyl sites for hydroxylation is 1. The molecule has 0 bridgehead atoms. The van der Waals surface area contributed by atoms with Crippen molar-refractivity contribution in [1.29, 1.82) is 0 Å². The van der Waals surface area contributed by atoms with Crippen LogP contribution in [0.2, 0.25) is 0 Å². The number of methoxy groups -OCH3 is 1. The van der Waals surface area contributed by atoms with Gasteiger partial charge in [-0.1, -0.05) is 12.1 Å². The van der Waals surface area contributed by atoms with Crippen molar-refractivity contribution in [3.8, 4) is 5.75 Å². The van der Waals surface area contributed by atoms with Crippen LogP contribution in [-0.4, -0.2) is 30.0 Å². The van der Waals surface area contributed by atoms with Crippen molar-refractivity contribution in [3.63, 3.8) is 0 Å². The molecule has 0 spiro atoms. The summed E-state index contributed by atoms with van der Waals surface area (Å²) in [6.45, 7) is 0. The van der Waals surface area contributed by atoms with Crippen molar-refractivity contribution in [2.45, 2.75) is 32.1 Å². The standard InChI is InChI=1S/C19H20N2O5S/c1-26-13-7-3-2-6-12(13)20-18(25)17-11-5-4-8-14(11)27-19(17)21-15(22)9-10-16(23)24/h2-3,6-7H,4-5,8-10H2,1H3,(H,20,25)(H,21,22)(H,23,24). The van der Waals surface area contributed by atoms with E-state index in [1.54, 1.807) is 18.2 Å². The van der Waals surface area contributed by atoms with Crippen molar-refractivity contribution in [2.24, 2.45) is 0 Å². The first-order valence-electron chi connectivity index (χ1n) is 8.60. The summed E-state index contributed by atoms with van der Waals surface area (Å²) >= 11 is 1.39. The number of ether oxygens (including phenoxy) is 1. The van der Waals surface area contributed by atoms with E-state index in [-0.39, 0.29) is 18.7 Å². The first-order valence-corrected chi connectivity index (χ1v) is 9.41. The van der Waals surface area contributed by atoms with Gasteiger partial charge in [-0.15, -0.1) is 11.3 Å². The molecule has 1 aromatic carbocycles. The Morgan fingerprint density at radius 3 is 2.67 bits per heavy atom. The van der Waals surface area contributed by atoms with Crippen LogP contribution in [0.4, 0.5) is 10.7 Å². The molecule has 2 amide bonds. The Morgan fingerprint density at radius 1 is 1.15 bits per heavy atom. The minimum Gasteiger partial charge on any atom is -0.495 e. The number of carbonyl (C=O) groups is 3. The second-order valence-electron chi connectivity index (χ2n) is 6.16. The first kappa shape index (κ1) is 18.9. The number of rotatable bonds is 7. The summed E-state index contributed by atoms with van der Waals surface area (Å²) in [5.74, 6) is -1.21. The predicted molar refractivity (Wildman–Crippen MR) is 103 cm³/mol. The Balaban J connectivity index is 1.84. The molecule has 0 saturated carbocycles. The van der Waals surface area contributed by atoms with Crippen LogP contribution in [0.15, 0.2) is 24.3 Å². The highest BCUT2D eigenvalue weighted by molar-refractivity contribution is 7.17. The van der Waals surface area contributed by atoms with Crippen LogP contribution < -0.4 is 15.4 Å². The van der Waals surface area contributed by atoms with Crippen LogP contribution in [0.1, 0.15) is 40.1 Å². The third-order valence-corrected chi connectivity index (χ3v) is 5.53. The number of anilines is 2. The highest BCUT2D eigenvalue weighted by Gasteiger charge is 2.28. The van der Waals surface area contributed by atoms with Crippen LogP contribution in [0.3, 0.4) is 0 Å². The lowest BCUT2D eigenvalue weighted by atomic mass is 10.1. The van der Waals surface area contributed by atoms with E-state index in [2.05, 4.69) is 10.6 Å². The van der Waals surface area contributed by atoms with Gasteiger partial charge < -0.3 is 20.5 Å². The van der Waals surface area contributed by atoms with Gasteiger partial charge in [0, 0.05) is 11.3 Å². The molecule has 0 atom stereocenters. The van der Waals surface area contributed by atoms with Crippen molar-refractivity contribution >= 4 is 39.8 Å². The van der Waals surface area contributed by atoms with Crippen molar-refractivity contribution in [1.82, 2.24) is 0 Å². The smallest absolute Gasteiger partial charge is 0.303 e. The number of thiophene rings is 1. The molecule has 2 aromatic rings. The van der Waals surface area contributed by atoms with Crippen LogP contribution in [0.5, 0.6) is 5.75 Å². The Kier molecular flexibility index (Phi) is 5.75. The zero-order chi connectivity index (χ0) is 19.4. The maximum Gasteiger partial charge on any atom is 0.303 e. The van der Waals surface area contributed by atoms with Gasteiger partial charge in [-0.25, -0.2) is 0 Å². The lowest BCUT2D eigenvalue weighted by molar-refractivity contribution is -0.138. The quantitative estimate of drug-likeness (QED) is 0.675. The maximum atomic E-state index is 13.0. The fourth-order valence-corrected chi connectivity index (χ4v) is 4.38. The number of para-hydroxylation sites is 2. The highest BCUT2D eigenvalue weighted by atomic mass is 32.1. The Morgan fingerprint density at radius 2 is 1.93 bits per heavy atom. The zero-order valence-electron chi connectivity index (χ0n) is 14.8. The second kappa shape index (κ2) is 8.22. The van der Waals surface area contributed by atoms with Crippen LogP contribution >= 0.6 is 11.3 Å². The van der Waals surface area contributed by atoms with E-state index >= 15 is 0 Å². The first-order chi connectivity index (χ1) is 13.0. The third-order valence-electron chi connectivity index (χ3n) is 4.32. The number of benzene rings is 1. The molecule has 3 rings (SSSR count). The van der Waals surface area contributed by atoms with E-state index < -0.39 is 11.9 Å². The molecule has 0 radical (unpaired) electrons. The number of hydrogen-bond donors (Lipinski definition) is 3. The van der Waals surface area contributed by atoms with E-state index in [1.165, 1.54) is 18.4 Å². The molecular weight excluding hydrogens is 368 g/mol. The number of aliphatic carboxylic acids is 1. The van der Waals surface area contributed by atoms with Gasteiger partial charge in [0.15, 0.2) is 0 Å². The molecule has 142 valence electrons. The number of nitrogens with one attached hydrogen (secondary N) is 2. The summed E-state index contributed by atoms with van der Waals surface area (Å²) in [5, 5.41) is 14.8. The average molecular weight is 388 g/mol. The molecule has 1 aliphatic rings. The zero-order valence-corrected chi connectivity index (χ0v) is 15.6. The van der Waals surface area contributed by atoms with Gasteiger partial charge in [0.25, 0.3) is 5.91 Å². The van der Waals surface area contributed by atoms with Crippen LogP contribution in [0.25, 0.3) is 0 Å². The summed E-state index contributed by atoms with van der Waals surface area (Å²) in [4.78, 5) is 36.8. The van der Waals surface area contributed by atoms with Crippen molar-refractivity contribution in [2.75, 3.05) is 17.7 Å². The number of hydrogen-bond acceptors (Lipinski definition) is 5. The molecule has 0 fully saturated rings. The number of fused-ring (bicyclic) bond motifs is 1. The van der Waals surface area contributed by atoms with E-state index in [0.717, 1.165) is 29.7 Å². The van der Waals surface area contributed by atoms with E-state index in [1.807, 2.05) is 6.07 Å². The third kappa shape index (κ3) is 4.28. The van der Waals surface area contributed by atoms with Gasteiger partial charge in [-0.3, -0.25) is 14.4 Å². The maximum absolute atomic E-state index is 13.0. The number of carboxylic acids is 1. The normalized spacial score (nSPS) is 12.3. The van der Waals surface area contributed by atoms with Crippen LogP contribution in [-0.2, 0) is 22.4 Å². The monoisotopic (exact) mass is 388 g/mol. The fraction of sp³-hybridized carbons (Fsp3) is 0.316. The molecule has 3 N–H and O–H groups in total. The highest BCUT2D eigenvalue weighted by Crippen LogP contribution is 2.40. The summed E-state index contributed by atoms with van der Waals surface area (Å²) in [5.41, 5.74) is 1.97. The Hall–Kier alpha value is -2.87. The van der Waals surface area contributed by atoms with Gasteiger partial charge in [-0.05, 0) is 37.0 Å². The van der Waals surface area contributed by atoms with Crippen molar-refractivity contribution < 1.29 is 24.2 Å². The Bertz CT molecular complexity index is 890. The molecule has 1 aliphatic carbocycles. The second-order valence-corrected chi connectivity index (χ2v) is 7.26. The van der Waals surface area contributed by atoms with Gasteiger partial charge in [-0.2, -0.15) is 0 Å². The van der Waals surface area contributed by atoms with E-state index in [0.29, 0.717) is 22.0 Å². The molecular formula is C19H20N2O5S. The molecule has 0 unspecified atom stereocenters. The lowest BCUT2D eigenvalue weighted by Crippen LogP contribution is -2.18. The largest absolute Gasteiger partial charge is 0.495 e. The van der Waals surface area contributed by atoms with Gasteiger partial charge in [0.05, 0.1) is 24.8 Å². The number of carbonyl (C=O) groups excluding carboxylic acids is 2. The minimum atomic E-state index is -1.03. The molecule has 8 heteroatoms. The van der Waals surface area contributed by atoms with Crippen LogP contribution in [0, 0.1) is 0 Å². The minimum absolute atomic E-state index is 0.133. The molecule has 0 aliphatic heterocycles. The van der Waals surface area contributed by atoms with Gasteiger partial charge in [0.1, 0.15) is 10.8 Å². The summed E-state index contributed by atoms with van der Waals surface area (Å²) in [6.07, 6.45) is 2.25. The predicted octanol–water partition coefficient (Wildman–Crippen LogP) is 3.30. The summed E-state index contributed by atoms with van der Waals surface area (Å²) in [6, 6.07) is 7.10. The SMILES string of the molecule is COc1ccccc1NC(=O)c1c(NC(=O)CCC(=O)O)sc2c1CCC2. The lowest BCUT2D eigenvalue weighted by Gasteiger charge is -2.12. The van der Waals surface area contributed by atoms with E-state index in [4.69, 9.17) is 9.84 Å². The molecule has 1 heterocycles. The Labute approximate surface area is 160 Å². The van der Waals surface area contributed by atoms with Gasteiger partial charge >= 0.3 is 5.97 Å². The number of amides is 2. The molecule has 0 saturated heterocycles. The summed E-state index contributed by atoms with van der Waals surface area (Å²) < 4.78 is 5.27. The van der Waals surface area contributed by atoms with Crippen molar-refractivity contribution in [3.05, 3.63) is 40.3 Å². The molecule has 7 nitrogen and oxygen atoms in total. The molecule has 1 aromatic heterocycles. The van der Waals surface area contributed by atoms with Gasteiger partial charge in [0.2, 0.25) is 5.91 Å². The molecule has 27 heavy (non-hydrogen) atoms. The van der Waals surface area contributed by atoms with E-state index in [9.17, 15) is 14.4 Å². The average Bonchev–Trinajstić information content (AvgIpc) is 3.21.